The number of rotatable bonds is 3. The van der Waals surface area contributed by atoms with Gasteiger partial charge in [0.2, 0.25) is 5.88 Å². The van der Waals surface area contributed by atoms with Gasteiger partial charge in [-0.25, -0.2) is 9.78 Å². The van der Waals surface area contributed by atoms with E-state index in [1.165, 1.54) is 14.2 Å². The van der Waals surface area contributed by atoms with E-state index in [9.17, 15) is 4.79 Å². The summed E-state index contributed by atoms with van der Waals surface area (Å²) in [6.07, 6.45) is 4.89. The summed E-state index contributed by atoms with van der Waals surface area (Å²) in [5.74, 6) is -0.0595. The Morgan fingerprint density at radius 1 is 1.22 bits per heavy atom. The highest BCUT2D eigenvalue weighted by molar-refractivity contribution is 5.97. The van der Waals surface area contributed by atoms with Gasteiger partial charge in [0.1, 0.15) is 0 Å². The van der Waals surface area contributed by atoms with E-state index in [0.717, 1.165) is 5.56 Å². The van der Waals surface area contributed by atoms with Gasteiger partial charge in [-0.15, -0.1) is 0 Å². The minimum atomic E-state index is -0.428. The molecule has 0 aliphatic carbocycles. The summed E-state index contributed by atoms with van der Waals surface area (Å²) in [4.78, 5) is 19.8. The molecule has 0 aliphatic rings. The molecule has 5 heteroatoms. The maximum absolute atomic E-state index is 11.8. The highest BCUT2D eigenvalue weighted by Gasteiger charge is 2.15. The summed E-state index contributed by atoms with van der Waals surface area (Å²) < 4.78 is 9.77. The third kappa shape index (κ3) is 2.29. The van der Waals surface area contributed by atoms with Gasteiger partial charge in [-0.05, 0) is 17.7 Å². The van der Waals surface area contributed by atoms with Gasteiger partial charge in [0, 0.05) is 30.2 Å². The second kappa shape index (κ2) is 5.27. The van der Waals surface area contributed by atoms with Gasteiger partial charge in [-0.1, -0.05) is 0 Å². The number of esters is 1. The van der Waals surface area contributed by atoms with E-state index < -0.39 is 5.97 Å². The molecule has 0 fully saturated rings. The van der Waals surface area contributed by atoms with Crippen molar-refractivity contribution in [3.63, 3.8) is 0 Å². The van der Waals surface area contributed by atoms with Crippen LogP contribution in [-0.2, 0) is 4.74 Å². The van der Waals surface area contributed by atoms with E-state index in [1.807, 2.05) is 0 Å². The minimum absolute atomic E-state index is 0.369. The van der Waals surface area contributed by atoms with Crippen LogP contribution in [0.1, 0.15) is 10.4 Å². The van der Waals surface area contributed by atoms with Crippen LogP contribution in [0.4, 0.5) is 0 Å². The lowest BCUT2D eigenvalue weighted by atomic mass is 10.0. The predicted octanol–water partition coefficient (Wildman–Crippen LogP) is 1.94. The zero-order valence-corrected chi connectivity index (χ0v) is 10.1. The quantitative estimate of drug-likeness (QED) is 0.772. The molecule has 18 heavy (non-hydrogen) atoms. The number of hydrogen-bond donors (Lipinski definition) is 0. The van der Waals surface area contributed by atoms with Crippen LogP contribution in [-0.4, -0.2) is 30.2 Å². The van der Waals surface area contributed by atoms with Crippen molar-refractivity contribution in [2.45, 2.75) is 0 Å². The highest BCUT2D eigenvalue weighted by atomic mass is 16.5. The lowest BCUT2D eigenvalue weighted by molar-refractivity contribution is 0.0601. The monoisotopic (exact) mass is 244 g/mol. The maximum Gasteiger partial charge on any atom is 0.338 e. The Labute approximate surface area is 104 Å². The Balaban J connectivity index is 2.56. The van der Waals surface area contributed by atoms with Crippen molar-refractivity contribution in [2.75, 3.05) is 14.2 Å². The summed E-state index contributed by atoms with van der Waals surface area (Å²) in [6, 6.07) is 5.16. The first-order valence-electron chi connectivity index (χ1n) is 5.29. The van der Waals surface area contributed by atoms with E-state index >= 15 is 0 Å². The van der Waals surface area contributed by atoms with Gasteiger partial charge in [-0.2, -0.15) is 0 Å². The molecule has 0 radical (unpaired) electrons. The number of carbonyl (C=O) groups excluding carboxylic acids is 1. The van der Waals surface area contributed by atoms with Crippen molar-refractivity contribution in [1.29, 1.82) is 0 Å². The van der Waals surface area contributed by atoms with Crippen LogP contribution < -0.4 is 4.74 Å². The minimum Gasteiger partial charge on any atom is -0.481 e. The molecule has 92 valence electrons. The van der Waals surface area contributed by atoms with Crippen molar-refractivity contribution >= 4 is 5.97 Å². The molecule has 2 aromatic rings. The Hall–Kier alpha value is -2.43. The molecule has 0 bridgehead atoms. The first kappa shape index (κ1) is 12.0. The third-order valence-corrected chi connectivity index (χ3v) is 2.48. The van der Waals surface area contributed by atoms with Gasteiger partial charge in [0.15, 0.2) is 0 Å². The summed E-state index contributed by atoms with van der Waals surface area (Å²) >= 11 is 0. The fourth-order valence-electron chi connectivity index (χ4n) is 1.59. The summed E-state index contributed by atoms with van der Waals surface area (Å²) in [5, 5.41) is 0. The first-order valence-corrected chi connectivity index (χ1v) is 5.29. The highest BCUT2D eigenvalue weighted by Crippen LogP contribution is 2.25. The number of carbonyl (C=O) groups is 1. The molecule has 2 aromatic heterocycles. The van der Waals surface area contributed by atoms with Crippen LogP contribution in [0.25, 0.3) is 11.1 Å². The first-order chi connectivity index (χ1) is 8.76. The Kier molecular flexibility index (Phi) is 3.52. The fourth-order valence-corrected chi connectivity index (χ4v) is 1.59. The molecule has 0 saturated heterocycles. The molecule has 0 atom stereocenters. The van der Waals surface area contributed by atoms with Crippen molar-refractivity contribution in [1.82, 2.24) is 9.97 Å². The summed E-state index contributed by atoms with van der Waals surface area (Å²) in [7, 11) is 2.83. The molecule has 5 nitrogen and oxygen atoms in total. The lowest BCUT2D eigenvalue weighted by Crippen LogP contribution is -2.05. The molecule has 0 N–H and O–H groups in total. The molecule has 2 heterocycles. The normalized spacial score (nSPS) is 9.89. The lowest BCUT2D eigenvalue weighted by Gasteiger charge is -2.09. The van der Waals surface area contributed by atoms with Gasteiger partial charge < -0.3 is 9.47 Å². The number of methoxy groups -OCH3 is 2. The Morgan fingerprint density at radius 3 is 2.56 bits per heavy atom. The number of nitrogens with zero attached hydrogens (tertiary/aromatic N) is 2. The zero-order chi connectivity index (χ0) is 13.0. The molecule has 0 saturated carbocycles. The largest absolute Gasteiger partial charge is 0.481 e. The zero-order valence-electron chi connectivity index (χ0n) is 10.1. The van der Waals surface area contributed by atoms with Gasteiger partial charge in [-0.3, -0.25) is 4.98 Å². The van der Waals surface area contributed by atoms with E-state index in [4.69, 9.17) is 9.47 Å². The number of aromatic nitrogens is 2. The molecule has 0 unspecified atom stereocenters. The average Bonchev–Trinajstić information content (AvgIpc) is 2.46. The predicted molar refractivity (Wildman–Crippen MR) is 65.4 cm³/mol. The van der Waals surface area contributed by atoms with Gasteiger partial charge >= 0.3 is 5.97 Å². The van der Waals surface area contributed by atoms with Crippen LogP contribution in [0.15, 0.2) is 36.8 Å². The Morgan fingerprint density at radius 2 is 1.94 bits per heavy atom. The third-order valence-electron chi connectivity index (χ3n) is 2.48. The summed E-state index contributed by atoms with van der Waals surface area (Å²) in [5.41, 5.74) is 1.95. The van der Waals surface area contributed by atoms with Crippen molar-refractivity contribution in [3.05, 3.63) is 42.4 Å². The van der Waals surface area contributed by atoms with E-state index in [-0.39, 0.29) is 0 Å². The van der Waals surface area contributed by atoms with Crippen molar-refractivity contribution in [2.24, 2.45) is 0 Å². The van der Waals surface area contributed by atoms with Crippen molar-refractivity contribution in [3.8, 4) is 17.0 Å². The van der Waals surface area contributed by atoms with E-state index in [2.05, 4.69) is 9.97 Å². The van der Waals surface area contributed by atoms with Crippen LogP contribution in [0.3, 0.4) is 0 Å². The van der Waals surface area contributed by atoms with Crippen molar-refractivity contribution < 1.29 is 14.3 Å². The average molecular weight is 244 g/mol. The Bertz CT molecular complexity index is 555. The van der Waals surface area contributed by atoms with E-state index in [1.54, 1.807) is 36.8 Å². The number of pyridine rings is 2. The van der Waals surface area contributed by atoms with Crippen LogP contribution >= 0.6 is 0 Å². The van der Waals surface area contributed by atoms with Crippen LogP contribution in [0, 0.1) is 0 Å². The van der Waals surface area contributed by atoms with E-state index in [0.29, 0.717) is 17.0 Å². The number of ether oxygens (including phenoxy) is 2. The van der Waals surface area contributed by atoms with Gasteiger partial charge in [0.25, 0.3) is 0 Å². The van der Waals surface area contributed by atoms with Gasteiger partial charge in [0.05, 0.1) is 19.8 Å². The topological polar surface area (TPSA) is 61.3 Å². The second-order valence-corrected chi connectivity index (χ2v) is 3.50. The molecule has 0 amide bonds. The maximum atomic E-state index is 11.8. The molecule has 0 aliphatic heterocycles. The fraction of sp³-hybridized carbons (Fsp3) is 0.154. The molecule has 0 spiro atoms. The molecule has 0 aromatic carbocycles. The molecule has 2 rings (SSSR count). The SMILES string of the molecule is COC(=O)c1cc(OC)ncc1-c1ccncc1. The van der Waals surface area contributed by atoms with Crippen LogP contribution in [0.2, 0.25) is 0 Å². The number of hydrogen-bond acceptors (Lipinski definition) is 5. The molecular formula is C13H12N2O3. The second-order valence-electron chi connectivity index (χ2n) is 3.50. The summed E-state index contributed by atoms with van der Waals surface area (Å²) in [6.45, 7) is 0. The standard InChI is InChI=1S/C13H12N2O3/c1-17-12-7-10(13(16)18-2)11(8-15-12)9-3-5-14-6-4-9/h3-8H,1-2H3. The van der Waals surface area contributed by atoms with Crippen LogP contribution in [0.5, 0.6) is 5.88 Å². The smallest absolute Gasteiger partial charge is 0.338 e. The molecular weight excluding hydrogens is 232 g/mol.